The number of hydrogen-bond acceptors (Lipinski definition) is 10. The van der Waals surface area contributed by atoms with Crippen LogP contribution in [-0.4, -0.2) is 82.1 Å². The first-order valence-corrected chi connectivity index (χ1v) is 14.3. The highest BCUT2D eigenvalue weighted by molar-refractivity contribution is 6.17. The molecule has 2 aromatic heterocycles. The second kappa shape index (κ2) is 12.5. The number of rotatable bonds is 10. The van der Waals surface area contributed by atoms with Gasteiger partial charge < -0.3 is 14.6 Å². The molecule has 2 bridgehead atoms. The highest BCUT2D eigenvalue weighted by Crippen LogP contribution is 2.60. The van der Waals surface area contributed by atoms with Gasteiger partial charge in [0.2, 0.25) is 0 Å². The van der Waals surface area contributed by atoms with Crippen molar-refractivity contribution in [2.75, 3.05) is 39.5 Å². The second-order valence-corrected chi connectivity index (χ2v) is 10.6. The van der Waals surface area contributed by atoms with E-state index in [1.54, 1.807) is 62.6 Å². The number of aliphatic hydroxyl groups is 1. The van der Waals surface area contributed by atoms with Crippen LogP contribution in [0.2, 0.25) is 0 Å². The van der Waals surface area contributed by atoms with E-state index in [2.05, 4.69) is 9.97 Å². The van der Waals surface area contributed by atoms with Crippen molar-refractivity contribution >= 4 is 17.7 Å². The summed E-state index contributed by atoms with van der Waals surface area (Å²) >= 11 is 0. The van der Waals surface area contributed by atoms with E-state index in [9.17, 15) is 14.7 Å². The lowest BCUT2D eigenvalue weighted by Crippen LogP contribution is -2.76. The third-order valence-corrected chi connectivity index (χ3v) is 8.18. The number of likely N-dealkylation sites (tertiary alicyclic amines) is 2. The van der Waals surface area contributed by atoms with Gasteiger partial charge in [-0.3, -0.25) is 34.2 Å². The summed E-state index contributed by atoms with van der Waals surface area (Å²) in [4.78, 5) is 56.8. The Labute approximate surface area is 245 Å². The van der Waals surface area contributed by atoms with Gasteiger partial charge >= 0.3 is 11.9 Å². The Bertz CT molecular complexity index is 1310. The molecule has 2 saturated heterocycles. The number of ether oxygens (including phenoxy) is 2. The molecule has 2 aliphatic heterocycles. The molecule has 0 spiro atoms. The van der Waals surface area contributed by atoms with Crippen LogP contribution in [0.15, 0.2) is 79.1 Å². The summed E-state index contributed by atoms with van der Waals surface area (Å²) in [5, 5.41) is 10.4. The van der Waals surface area contributed by atoms with E-state index < -0.39 is 40.6 Å². The lowest BCUT2D eigenvalue weighted by Gasteiger charge is -2.61. The number of fused-ring (bicyclic) bond motifs is 2. The number of carbonyl (C=O) groups is 3. The highest BCUT2D eigenvalue weighted by atomic mass is 16.5. The van der Waals surface area contributed by atoms with Crippen molar-refractivity contribution in [1.29, 1.82) is 0 Å². The zero-order valence-electron chi connectivity index (χ0n) is 23.9. The summed E-state index contributed by atoms with van der Waals surface area (Å²) in [5.74, 6) is -2.05. The molecule has 10 nitrogen and oxygen atoms in total. The minimum Gasteiger partial charge on any atom is -0.465 e. The first-order valence-electron chi connectivity index (χ1n) is 14.3. The molecule has 42 heavy (non-hydrogen) atoms. The maximum absolute atomic E-state index is 15.2. The molecule has 0 aliphatic carbocycles. The van der Waals surface area contributed by atoms with Gasteiger partial charge in [0, 0.05) is 38.6 Å². The van der Waals surface area contributed by atoms with Crippen LogP contribution in [0.1, 0.15) is 42.9 Å². The molecule has 2 aliphatic rings. The van der Waals surface area contributed by atoms with Gasteiger partial charge in [0.05, 0.1) is 43.3 Å². The summed E-state index contributed by atoms with van der Waals surface area (Å²) in [7, 11) is 0. The molecule has 4 heterocycles. The molecule has 4 atom stereocenters. The van der Waals surface area contributed by atoms with E-state index in [0.29, 0.717) is 17.9 Å². The first-order chi connectivity index (χ1) is 20.4. The average Bonchev–Trinajstić information content (AvgIpc) is 3.00. The van der Waals surface area contributed by atoms with Crippen molar-refractivity contribution in [2.45, 2.75) is 32.5 Å². The fourth-order valence-electron chi connectivity index (χ4n) is 6.74. The molecule has 3 aromatic rings. The average molecular weight is 573 g/mol. The maximum atomic E-state index is 15.2. The van der Waals surface area contributed by atoms with Crippen molar-refractivity contribution in [3.8, 4) is 0 Å². The van der Waals surface area contributed by atoms with E-state index in [0.717, 1.165) is 5.56 Å². The Morgan fingerprint density at radius 3 is 1.76 bits per heavy atom. The van der Waals surface area contributed by atoms with Gasteiger partial charge in [-0.05, 0) is 43.7 Å². The normalized spacial score (nSPS) is 26.0. The number of benzene rings is 1. The number of aliphatic hydroxyl groups excluding tert-OH is 1. The molecule has 220 valence electrons. The zero-order valence-corrected chi connectivity index (χ0v) is 23.9. The Balaban J connectivity index is 1.84. The lowest BCUT2D eigenvalue weighted by molar-refractivity contribution is -0.209. The molecule has 0 amide bonds. The van der Waals surface area contributed by atoms with Crippen LogP contribution in [0.3, 0.4) is 0 Å². The SMILES string of the molecule is CCOC(=O)C12CN(Cc3ccccc3)CC(C(=O)OCC)(C1=O)C(c1ccccn1)N(CCO)C2c1ccccn1. The molecule has 0 radical (unpaired) electrons. The smallest absolute Gasteiger partial charge is 0.323 e. The Kier molecular flexibility index (Phi) is 8.77. The zero-order chi connectivity index (χ0) is 29.7. The van der Waals surface area contributed by atoms with Crippen molar-refractivity contribution in [3.05, 3.63) is 96.1 Å². The van der Waals surface area contributed by atoms with Crippen LogP contribution in [0.25, 0.3) is 0 Å². The van der Waals surface area contributed by atoms with Gasteiger partial charge in [-0.15, -0.1) is 0 Å². The number of β-amino-alcohol motifs (C(OH)–C–C–N with tert-alkyl or cyclic N) is 1. The third-order valence-electron chi connectivity index (χ3n) is 8.18. The highest BCUT2D eigenvalue weighted by Gasteiger charge is 2.75. The van der Waals surface area contributed by atoms with Gasteiger partial charge in [0.25, 0.3) is 0 Å². The van der Waals surface area contributed by atoms with Crippen molar-refractivity contribution in [2.24, 2.45) is 10.8 Å². The van der Waals surface area contributed by atoms with Crippen molar-refractivity contribution < 1.29 is 29.0 Å². The number of ketones is 1. The number of pyridine rings is 2. The predicted molar refractivity (Wildman–Crippen MR) is 153 cm³/mol. The minimum atomic E-state index is -1.86. The van der Waals surface area contributed by atoms with Crippen molar-refractivity contribution in [1.82, 2.24) is 19.8 Å². The van der Waals surface area contributed by atoms with Gasteiger partial charge in [0.15, 0.2) is 16.6 Å². The third kappa shape index (κ3) is 4.89. The summed E-state index contributed by atoms with van der Waals surface area (Å²) in [6, 6.07) is 18.3. The fourth-order valence-corrected chi connectivity index (χ4v) is 6.74. The lowest BCUT2D eigenvalue weighted by atomic mass is 9.54. The van der Waals surface area contributed by atoms with Gasteiger partial charge in [-0.1, -0.05) is 42.5 Å². The van der Waals surface area contributed by atoms with Gasteiger partial charge in [0.1, 0.15) is 0 Å². The fraction of sp³-hybridized carbons (Fsp3) is 0.406. The van der Waals surface area contributed by atoms with Crippen LogP contribution in [0.4, 0.5) is 0 Å². The van der Waals surface area contributed by atoms with Gasteiger partial charge in [-0.25, -0.2) is 0 Å². The Morgan fingerprint density at radius 1 is 0.833 bits per heavy atom. The molecular formula is C32H36N4O6. The van der Waals surface area contributed by atoms with E-state index in [1.165, 1.54) is 0 Å². The van der Waals surface area contributed by atoms with E-state index in [-0.39, 0.29) is 39.5 Å². The summed E-state index contributed by atoms with van der Waals surface area (Å²) < 4.78 is 11.3. The largest absolute Gasteiger partial charge is 0.465 e. The summed E-state index contributed by atoms with van der Waals surface area (Å²) in [6.45, 7) is 3.53. The van der Waals surface area contributed by atoms with Gasteiger partial charge in [-0.2, -0.15) is 0 Å². The summed E-state index contributed by atoms with van der Waals surface area (Å²) in [5.41, 5.74) is -1.85. The van der Waals surface area contributed by atoms with Crippen LogP contribution in [-0.2, 0) is 30.4 Å². The van der Waals surface area contributed by atoms with E-state index in [4.69, 9.17) is 9.47 Å². The molecular weight excluding hydrogens is 536 g/mol. The standard InChI is InChI=1S/C32H36N4O6/c1-3-41-29(39)31-21-35(20-23-12-6-5-7-13-23)22-32(28(31)38,30(40)42-4-2)27(25-15-9-11-17-34-25)36(18-19-37)26(31)24-14-8-10-16-33-24/h5-17,26-27,37H,3-4,18-22H2,1-2H3. The second-order valence-electron chi connectivity index (χ2n) is 10.6. The Morgan fingerprint density at radius 2 is 1.33 bits per heavy atom. The number of aromatic nitrogens is 2. The number of hydrogen-bond donors (Lipinski definition) is 1. The van der Waals surface area contributed by atoms with Crippen LogP contribution in [0.5, 0.6) is 0 Å². The van der Waals surface area contributed by atoms with Crippen LogP contribution >= 0.6 is 0 Å². The number of esters is 2. The monoisotopic (exact) mass is 572 g/mol. The molecule has 0 saturated carbocycles. The first kappa shape index (κ1) is 29.5. The quantitative estimate of drug-likeness (QED) is 0.287. The molecule has 4 unspecified atom stereocenters. The van der Waals surface area contributed by atoms with Crippen molar-refractivity contribution in [3.63, 3.8) is 0 Å². The van der Waals surface area contributed by atoms with E-state index >= 15 is 4.79 Å². The van der Waals surface area contributed by atoms with Crippen LogP contribution < -0.4 is 0 Å². The molecule has 10 heteroatoms. The Hall–Kier alpha value is -3.99. The van der Waals surface area contributed by atoms with E-state index in [1.807, 2.05) is 40.1 Å². The minimum absolute atomic E-state index is 0.0151. The number of piperidine rings is 2. The number of nitrogens with zero attached hydrogens (tertiary/aromatic N) is 4. The molecule has 1 N–H and O–H groups in total. The number of Topliss-reactive ketones (excluding diaryl/α,β-unsaturated/α-hetero) is 1. The maximum Gasteiger partial charge on any atom is 0.323 e. The number of carbonyl (C=O) groups excluding carboxylic acids is 3. The molecule has 1 aromatic carbocycles. The summed E-state index contributed by atoms with van der Waals surface area (Å²) in [6.07, 6.45) is 3.20. The van der Waals surface area contributed by atoms with Crippen LogP contribution in [0, 0.1) is 10.8 Å². The topological polar surface area (TPSA) is 122 Å². The molecule has 5 rings (SSSR count). The predicted octanol–water partition coefficient (Wildman–Crippen LogP) is 2.75. The molecule has 2 fully saturated rings.